The molecule has 7 rings (SSSR count). The van der Waals surface area contributed by atoms with Gasteiger partial charge in [-0.15, -0.1) is 0 Å². The van der Waals surface area contributed by atoms with E-state index in [1.807, 2.05) is 47.4 Å². The predicted molar refractivity (Wildman–Crippen MR) is 170 cm³/mol. The van der Waals surface area contributed by atoms with Crippen LogP contribution in [0.15, 0.2) is 48.5 Å². The van der Waals surface area contributed by atoms with Gasteiger partial charge in [0.25, 0.3) is 0 Å². The molecule has 0 aromatic heterocycles. The van der Waals surface area contributed by atoms with Crippen molar-refractivity contribution in [1.82, 2.24) is 9.80 Å². The average Bonchev–Trinajstić information content (AvgIpc) is 3.74. The SMILES string of the molecule is CC(=O)Oc1ccc2c3c1OC1C(N(CC(C)C)C(=O)/C=C/c4ccccc4)CC[C@@]4(OC(C)=O)[C@@H](C2)N(CC2CC2)CC[C@]314. The largest absolute Gasteiger partial charge is 0.483 e. The lowest BCUT2D eigenvalue weighted by molar-refractivity contribution is -0.224. The Morgan fingerprint density at radius 2 is 1.82 bits per heavy atom. The molecule has 2 saturated carbocycles. The van der Waals surface area contributed by atoms with Gasteiger partial charge >= 0.3 is 11.9 Å². The molecule has 8 heteroatoms. The number of rotatable bonds is 9. The van der Waals surface area contributed by atoms with Gasteiger partial charge in [-0.25, -0.2) is 0 Å². The Morgan fingerprint density at radius 1 is 1.04 bits per heavy atom. The summed E-state index contributed by atoms with van der Waals surface area (Å²) in [6.07, 6.45) is 8.31. The summed E-state index contributed by atoms with van der Waals surface area (Å²) in [5, 5.41) is 0. The van der Waals surface area contributed by atoms with Crippen LogP contribution in [0, 0.1) is 11.8 Å². The molecule has 3 fully saturated rings. The van der Waals surface area contributed by atoms with Crippen molar-refractivity contribution >= 4 is 23.9 Å². The van der Waals surface area contributed by atoms with Crippen molar-refractivity contribution in [1.29, 1.82) is 0 Å². The molecule has 8 nitrogen and oxygen atoms in total. The van der Waals surface area contributed by atoms with Crippen molar-refractivity contribution in [3.63, 3.8) is 0 Å². The van der Waals surface area contributed by atoms with Gasteiger partial charge in [-0.2, -0.15) is 0 Å². The van der Waals surface area contributed by atoms with Crippen LogP contribution in [0.5, 0.6) is 11.5 Å². The van der Waals surface area contributed by atoms with Crippen LogP contribution in [0.2, 0.25) is 0 Å². The number of hydrogen-bond donors (Lipinski definition) is 0. The van der Waals surface area contributed by atoms with Crippen LogP contribution < -0.4 is 9.47 Å². The molecule has 1 saturated heterocycles. The normalized spacial score (nSPS) is 29.7. The number of carbonyl (C=O) groups excluding carboxylic acids is 3. The van der Waals surface area contributed by atoms with Gasteiger partial charge in [-0.05, 0) is 80.2 Å². The summed E-state index contributed by atoms with van der Waals surface area (Å²) >= 11 is 0. The molecule has 2 heterocycles. The van der Waals surface area contributed by atoms with Crippen LogP contribution in [0.1, 0.15) is 76.5 Å². The van der Waals surface area contributed by atoms with E-state index in [1.165, 1.54) is 26.7 Å². The molecule has 3 aliphatic carbocycles. The first-order valence-electron chi connectivity index (χ1n) is 16.6. The van der Waals surface area contributed by atoms with Gasteiger partial charge in [-0.1, -0.05) is 50.2 Å². The number of esters is 2. The molecule has 2 aliphatic heterocycles. The van der Waals surface area contributed by atoms with Gasteiger partial charge in [0.05, 0.1) is 17.5 Å². The number of likely N-dealkylation sites (tertiary alicyclic amines) is 1. The van der Waals surface area contributed by atoms with Crippen molar-refractivity contribution in [2.75, 3.05) is 19.6 Å². The topological polar surface area (TPSA) is 85.4 Å². The first kappa shape index (κ1) is 30.0. The number of amides is 1. The van der Waals surface area contributed by atoms with Gasteiger partial charge in [0.15, 0.2) is 11.5 Å². The second-order valence-electron chi connectivity index (χ2n) is 14.2. The Balaban J connectivity index is 1.36. The van der Waals surface area contributed by atoms with E-state index in [2.05, 4.69) is 24.8 Å². The van der Waals surface area contributed by atoms with E-state index in [-0.39, 0.29) is 29.9 Å². The molecule has 5 aliphatic rings. The second-order valence-corrected chi connectivity index (χ2v) is 14.2. The third-order valence-electron chi connectivity index (χ3n) is 10.7. The van der Waals surface area contributed by atoms with Gasteiger partial charge < -0.3 is 19.1 Å². The molecule has 2 unspecified atom stereocenters. The summed E-state index contributed by atoms with van der Waals surface area (Å²) in [4.78, 5) is 43.9. The highest BCUT2D eigenvalue weighted by Gasteiger charge is 2.76. The zero-order valence-corrected chi connectivity index (χ0v) is 26.8. The zero-order chi connectivity index (χ0) is 31.5. The molecule has 2 bridgehead atoms. The Kier molecular flexibility index (Phi) is 7.54. The van der Waals surface area contributed by atoms with E-state index in [0.717, 1.165) is 42.6 Å². The highest BCUT2D eigenvalue weighted by atomic mass is 16.6. The minimum Gasteiger partial charge on any atom is -0.483 e. The monoisotopic (exact) mass is 612 g/mol. The summed E-state index contributed by atoms with van der Waals surface area (Å²) in [5.41, 5.74) is 1.64. The van der Waals surface area contributed by atoms with Gasteiger partial charge in [0.1, 0.15) is 11.7 Å². The molecule has 238 valence electrons. The maximum Gasteiger partial charge on any atom is 0.308 e. The quantitative estimate of drug-likeness (QED) is 0.216. The molecular formula is C37H44N2O6. The van der Waals surface area contributed by atoms with Crippen LogP contribution in [-0.2, 0) is 31.0 Å². The molecule has 45 heavy (non-hydrogen) atoms. The van der Waals surface area contributed by atoms with Crippen molar-refractivity contribution in [2.24, 2.45) is 11.8 Å². The zero-order valence-electron chi connectivity index (χ0n) is 26.8. The third kappa shape index (κ3) is 4.96. The minimum atomic E-state index is -0.813. The highest BCUT2D eigenvalue weighted by molar-refractivity contribution is 5.92. The van der Waals surface area contributed by atoms with Crippen LogP contribution in [0.3, 0.4) is 0 Å². The maximum atomic E-state index is 14.1. The van der Waals surface area contributed by atoms with Crippen LogP contribution in [0.4, 0.5) is 0 Å². The first-order valence-corrected chi connectivity index (χ1v) is 16.6. The highest BCUT2D eigenvalue weighted by Crippen LogP contribution is 2.67. The number of nitrogens with zero attached hydrogens (tertiary/aromatic N) is 2. The van der Waals surface area contributed by atoms with Crippen molar-refractivity contribution in [3.05, 3.63) is 65.2 Å². The van der Waals surface area contributed by atoms with Gasteiger partial charge in [0.2, 0.25) is 5.91 Å². The molecule has 1 amide bonds. The molecule has 2 aromatic carbocycles. The fourth-order valence-corrected chi connectivity index (χ4v) is 9.04. The van der Waals surface area contributed by atoms with E-state index < -0.39 is 23.1 Å². The fraction of sp³-hybridized carbons (Fsp3) is 0.541. The van der Waals surface area contributed by atoms with E-state index in [9.17, 15) is 14.4 Å². The van der Waals surface area contributed by atoms with E-state index in [0.29, 0.717) is 36.8 Å². The number of piperidine rings is 1. The summed E-state index contributed by atoms with van der Waals surface area (Å²) in [6, 6.07) is 13.5. The lowest BCUT2D eigenvalue weighted by atomic mass is 9.48. The molecule has 0 N–H and O–H groups in total. The van der Waals surface area contributed by atoms with E-state index in [4.69, 9.17) is 14.2 Å². The van der Waals surface area contributed by atoms with Gasteiger partial charge in [-0.3, -0.25) is 19.3 Å². The van der Waals surface area contributed by atoms with E-state index in [1.54, 1.807) is 6.08 Å². The Morgan fingerprint density at radius 3 is 2.51 bits per heavy atom. The van der Waals surface area contributed by atoms with Crippen LogP contribution in [0.25, 0.3) is 6.08 Å². The lowest BCUT2D eigenvalue weighted by Crippen LogP contribution is -2.79. The first-order chi connectivity index (χ1) is 21.6. The lowest BCUT2D eigenvalue weighted by Gasteiger charge is -2.65. The van der Waals surface area contributed by atoms with Crippen LogP contribution >= 0.6 is 0 Å². The molecule has 1 spiro atoms. The number of benzene rings is 2. The Labute approximate surface area is 265 Å². The average molecular weight is 613 g/mol. The van der Waals surface area contributed by atoms with Crippen LogP contribution in [-0.4, -0.2) is 71.1 Å². The number of ether oxygens (including phenoxy) is 3. The third-order valence-corrected chi connectivity index (χ3v) is 10.7. The van der Waals surface area contributed by atoms with Crippen molar-refractivity contribution < 1.29 is 28.6 Å². The standard InChI is InChI=1S/C37H44N2O6/c1-23(2)21-39(32(42)15-12-26-8-6-5-7-9-26)29-16-17-37(45-25(4)41)31-20-28-13-14-30(43-24(3)40)34-33(28)36(37,35(29)44-34)18-19-38(31)22-27-10-11-27/h5-9,12-15,23,27,29,31,35H,10-11,16-22H2,1-4H3/b15-12+/t29?,31-,35?,36+,37-/m1/s1. The van der Waals surface area contributed by atoms with Crippen molar-refractivity contribution in [3.8, 4) is 11.5 Å². The Hall–Kier alpha value is -3.65. The minimum absolute atomic E-state index is 0.00746. The molecular weight excluding hydrogens is 568 g/mol. The smallest absolute Gasteiger partial charge is 0.308 e. The second kappa shape index (κ2) is 11.3. The summed E-state index contributed by atoms with van der Waals surface area (Å²) in [5.74, 6) is 1.12. The fourth-order valence-electron chi connectivity index (χ4n) is 9.04. The summed E-state index contributed by atoms with van der Waals surface area (Å²) in [6.45, 7) is 9.59. The summed E-state index contributed by atoms with van der Waals surface area (Å²) in [7, 11) is 0. The molecule has 0 radical (unpaired) electrons. The van der Waals surface area contributed by atoms with Crippen molar-refractivity contribution in [2.45, 2.75) is 95.4 Å². The maximum absolute atomic E-state index is 14.1. The van der Waals surface area contributed by atoms with E-state index >= 15 is 0 Å². The molecule has 5 atom stereocenters. The molecule has 2 aromatic rings. The Bertz CT molecular complexity index is 1530. The number of carbonyl (C=O) groups is 3. The number of hydrogen-bond acceptors (Lipinski definition) is 7. The summed E-state index contributed by atoms with van der Waals surface area (Å²) < 4.78 is 19.4. The van der Waals surface area contributed by atoms with Gasteiger partial charge in [0, 0.05) is 38.6 Å². The predicted octanol–water partition coefficient (Wildman–Crippen LogP) is 5.31.